The fraction of sp³-hybridized carbons (Fsp3) is 0.579. The number of amides is 3. The predicted octanol–water partition coefficient (Wildman–Crippen LogP) is 2.17. The molecule has 3 rings (SSSR count). The van der Waals surface area contributed by atoms with Crippen molar-refractivity contribution in [2.24, 2.45) is 0 Å². The smallest absolute Gasteiger partial charge is 0.318 e. The zero-order valence-corrected chi connectivity index (χ0v) is 14.8. The van der Waals surface area contributed by atoms with Gasteiger partial charge in [-0.15, -0.1) is 0 Å². The van der Waals surface area contributed by atoms with Gasteiger partial charge in [0.1, 0.15) is 0 Å². The van der Waals surface area contributed by atoms with E-state index < -0.39 is 0 Å². The molecule has 0 saturated carbocycles. The Labute approximate surface area is 149 Å². The Balaban J connectivity index is 1.68. The minimum Gasteiger partial charge on any atom is -0.375 e. The van der Waals surface area contributed by atoms with Crippen molar-refractivity contribution in [3.05, 3.63) is 35.9 Å². The van der Waals surface area contributed by atoms with Gasteiger partial charge in [-0.3, -0.25) is 4.79 Å². The Kier molecular flexibility index (Phi) is 5.91. The number of rotatable bonds is 5. The van der Waals surface area contributed by atoms with Gasteiger partial charge in [-0.1, -0.05) is 37.3 Å². The van der Waals surface area contributed by atoms with Gasteiger partial charge >= 0.3 is 6.03 Å². The molecule has 3 amide bonds. The van der Waals surface area contributed by atoms with Gasteiger partial charge in [-0.2, -0.15) is 0 Å². The summed E-state index contributed by atoms with van der Waals surface area (Å²) in [5.74, 6) is 0.174. The molecular formula is C19H27N3O3. The number of hydrogen-bond acceptors (Lipinski definition) is 3. The number of benzene rings is 1. The Morgan fingerprint density at radius 3 is 2.80 bits per heavy atom. The van der Waals surface area contributed by atoms with Crippen molar-refractivity contribution in [1.82, 2.24) is 15.1 Å². The van der Waals surface area contributed by atoms with Crippen molar-refractivity contribution in [3.8, 4) is 0 Å². The average molecular weight is 345 g/mol. The van der Waals surface area contributed by atoms with Crippen LogP contribution in [-0.4, -0.2) is 60.6 Å². The molecule has 1 aromatic carbocycles. The number of morpholine rings is 1. The maximum absolute atomic E-state index is 12.8. The molecule has 25 heavy (non-hydrogen) atoms. The van der Waals surface area contributed by atoms with E-state index in [9.17, 15) is 9.59 Å². The van der Waals surface area contributed by atoms with Gasteiger partial charge in [-0.05, 0) is 18.4 Å². The van der Waals surface area contributed by atoms with Crippen LogP contribution in [0.5, 0.6) is 0 Å². The first kappa shape index (κ1) is 17.7. The van der Waals surface area contributed by atoms with Crippen LogP contribution >= 0.6 is 0 Å². The fourth-order valence-electron chi connectivity index (χ4n) is 3.43. The third-order valence-corrected chi connectivity index (χ3v) is 4.96. The highest BCUT2D eigenvalue weighted by atomic mass is 16.5. The van der Waals surface area contributed by atoms with Crippen LogP contribution in [0.15, 0.2) is 30.3 Å². The van der Waals surface area contributed by atoms with E-state index in [1.807, 2.05) is 40.1 Å². The monoisotopic (exact) mass is 345 g/mol. The lowest BCUT2D eigenvalue weighted by Crippen LogP contribution is -2.51. The number of carbonyl (C=O) groups is 2. The number of nitrogens with zero attached hydrogens (tertiary/aromatic N) is 2. The lowest BCUT2D eigenvalue weighted by molar-refractivity contribution is -0.128. The summed E-state index contributed by atoms with van der Waals surface area (Å²) in [6.07, 6.45) is 2.51. The second-order valence-corrected chi connectivity index (χ2v) is 6.70. The second-order valence-electron chi connectivity index (χ2n) is 6.70. The van der Waals surface area contributed by atoms with Crippen molar-refractivity contribution < 1.29 is 14.3 Å². The SMILES string of the molecule is CC[C@H]1CN(C(=O)N[C@@H](CN2CCCC2=O)c2ccccc2)CCO1. The summed E-state index contributed by atoms with van der Waals surface area (Å²) in [4.78, 5) is 28.4. The number of ether oxygens (including phenoxy) is 1. The molecule has 0 aromatic heterocycles. The van der Waals surface area contributed by atoms with E-state index in [0.29, 0.717) is 32.7 Å². The van der Waals surface area contributed by atoms with E-state index in [4.69, 9.17) is 4.74 Å². The molecule has 0 bridgehead atoms. The van der Waals surface area contributed by atoms with Crippen LogP contribution in [0.4, 0.5) is 4.79 Å². The molecule has 6 nitrogen and oxygen atoms in total. The molecule has 0 radical (unpaired) electrons. The quantitative estimate of drug-likeness (QED) is 0.890. The first-order valence-corrected chi connectivity index (χ1v) is 9.17. The summed E-state index contributed by atoms with van der Waals surface area (Å²) in [5.41, 5.74) is 1.02. The summed E-state index contributed by atoms with van der Waals surface area (Å²) in [7, 11) is 0. The molecule has 2 fully saturated rings. The van der Waals surface area contributed by atoms with E-state index in [-0.39, 0.29) is 24.1 Å². The zero-order chi connectivity index (χ0) is 17.6. The van der Waals surface area contributed by atoms with E-state index >= 15 is 0 Å². The summed E-state index contributed by atoms with van der Waals surface area (Å²) in [6.45, 7) is 5.16. The van der Waals surface area contributed by atoms with Crippen LogP contribution < -0.4 is 5.32 Å². The van der Waals surface area contributed by atoms with Crippen LogP contribution in [0, 0.1) is 0 Å². The van der Waals surface area contributed by atoms with Crippen molar-refractivity contribution in [2.75, 3.05) is 32.8 Å². The normalized spacial score (nSPS) is 22.1. The maximum atomic E-state index is 12.8. The van der Waals surface area contributed by atoms with E-state index in [2.05, 4.69) is 12.2 Å². The third kappa shape index (κ3) is 4.51. The number of urea groups is 1. The molecule has 2 heterocycles. The van der Waals surface area contributed by atoms with Gasteiger partial charge < -0.3 is 19.9 Å². The molecule has 2 saturated heterocycles. The topological polar surface area (TPSA) is 61.9 Å². The van der Waals surface area contributed by atoms with Crippen LogP contribution in [0.1, 0.15) is 37.8 Å². The zero-order valence-electron chi connectivity index (χ0n) is 14.8. The van der Waals surface area contributed by atoms with Crippen LogP contribution in [0.2, 0.25) is 0 Å². The van der Waals surface area contributed by atoms with E-state index in [1.165, 1.54) is 0 Å². The molecule has 136 valence electrons. The van der Waals surface area contributed by atoms with Crippen LogP contribution in [-0.2, 0) is 9.53 Å². The summed E-state index contributed by atoms with van der Waals surface area (Å²) in [5, 5.41) is 3.13. The van der Waals surface area contributed by atoms with Crippen molar-refractivity contribution in [1.29, 1.82) is 0 Å². The fourth-order valence-corrected chi connectivity index (χ4v) is 3.43. The Morgan fingerprint density at radius 1 is 1.32 bits per heavy atom. The molecule has 0 aliphatic carbocycles. The van der Waals surface area contributed by atoms with Gasteiger partial charge in [0.2, 0.25) is 5.91 Å². The maximum Gasteiger partial charge on any atom is 0.318 e. The highest BCUT2D eigenvalue weighted by Gasteiger charge is 2.28. The van der Waals surface area contributed by atoms with Crippen molar-refractivity contribution >= 4 is 11.9 Å². The largest absolute Gasteiger partial charge is 0.375 e. The molecule has 2 atom stereocenters. The van der Waals surface area contributed by atoms with Crippen molar-refractivity contribution in [2.45, 2.75) is 38.3 Å². The van der Waals surface area contributed by atoms with Gasteiger partial charge in [0, 0.05) is 32.6 Å². The highest BCUT2D eigenvalue weighted by molar-refractivity contribution is 5.78. The Hall–Kier alpha value is -2.08. The molecule has 1 aromatic rings. The Morgan fingerprint density at radius 2 is 2.12 bits per heavy atom. The number of likely N-dealkylation sites (tertiary alicyclic amines) is 1. The van der Waals surface area contributed by atoms with Gasteiger partial charge in [0.25, 0.3) is 0 Å². The molecule has 6 heteroatoms. The molecule has 1 N–H and O–H groups in total. The standard InChI is InChI=1S/C19H27N3O3/c1-2-16-13-22(11-12-25-16)19(24)20-17(15-7-4-3-5-8-15)14-21-10-6-9-18(21)23/h3-5,7-8,16-17H,2,6,9-14H2,1H3,(H,20,24)/t16-,17-/m0/s1. The minimum absolute atomic E-state index is 0.0813. The number of hydrogen-bond donors (Lipinski definition) is 1. The molecular weight excluding hydrogens is 318 g/mol. The summed E-state index contributed by atoms with van der Waals surface area (Å²) in [6, 6.07) is 9.60. The van der Waals surface area contributed by atoms with Crippen LogP contribution in [0.25, 0.3) is 0 Å². The Bertz CT molecular complexity index is 593. The lowest BCUT2D eigenvalue weighted by atomic mass is 10.1. The molecule has 0 spiro atoms. The van der Waals surface area contributed by atoms with E-state index in [0.717, 1.165) is 24.9 Å². The van der Waals surface area contributed by atoms with Crippen molar-refractivity contribution in [3.63, 3.8) is 0 Å². The molecule has 2 aliphatic rings. The minimum atomic E-state index is -0.196. The highest BCUT2D eigenvalue weighted by Crippen LogP contribution is 2.19. The van der Waals surface area contributed by atoms with Crippen LogP contribution in [0.3, 0.4) is 0 Å². The first-order valence-electron chi connectivity index (χ1n) is 9.17. The number of carbonyl (C=O) groups excluding carboxylic acids is 2. The van der Waals surface area contributed by atoms with E-state index in [1.54, 1.807) is 0 Å². The first-order chi connectivity index (χ1) is 12.2. The lowest BCUT2D eigenvalue weighted by Gasteiger charge is -2.34. The average Bonchev–Trinajstić information content (AvgIpc) is 3.06. The summed E-state index contributed by atoms with van der Waals surface area (Å²) >= 11 is 0. The third-order valence-electron chi connectivity index (χ3n) is 4.96. The second kappa shape index (κ2) is 8.34. The van der Waals surface area contributed by atoms with Gasteiger partial charge in [0.15, 0.2) is 0 Å². The summed E-state index contributed by atoms with van der Waals surface area (Å²) < 4.78 is 5.64. The van der Waals surface area contributed by atoms with Gasteiger partial charge in [0.05, 0.1) is 18.8 Å². The number of nitrogens with one attached hydrogen (secondary N) is 1. The molecule has 0 unspecified atom stereocenters. The molecule has 2 aliphatic heterocycles. The van der Waals surface area contributed by atoms with Gasteiger partial charge in [-0.25, -0.2) is 4.79 Å². The predicted molar refractivity (Wildman–Crippen MR) is 95.1 cm³/mol.